The van der Waals surface area contributed by atoms with Crippen LogP contribution < -0.4 is 10.6 Å². The molecule has 0 aliphatic carbocycles. The standard InChI is InChI=1S/C12H12N2O4S/c1-6(11(13)16)14-8-4-7(12(17)18)2-3-9(8)19-5-10(14)15/h2-4,6H,5H2,1H3,(H2,13,16)(H,17,18). The van der Waals surface area contributed by atoms with E-state index in [1.807, 2.05) is 0 Å². The maximum atomic E-state index is 11.9. The molecule has 6 nitrogen and oxygen atoms in total. The van der Waals surface area contributed by atoms with Crippen molar-refractivity contribution in [3.05, 3.63) is 23.8 Å². The zero-order chi connectivity index (χ0) is 14.2. The molecule has 19 heavy (non-hydrogen) atoms. The van der Waals surface area contributed by atoms with Crippen LogP contribution in [0.25, 0.3) is 0 Å². The summed E-state index contributed by atoms with van der Waals surface area (Å²) in [6, 6.07) is 3.69. The first-order valence-electron chi connectivity index (χ1n) is 5.53. The summed E-state index contributed by atoms with van der Waals surface area (Å²) in [7, 11) is 0. The number of nitrogens with two attached hydrogens (primary N) is 1. The van der Waals surface area contributed by atoms with Gasteiger partial charge in [-0.05, 0) is 25.1 Å². The third-order valence-corrected chi connectivity index (χ3v) is 3.93. The first-order valence-corrected chi connectivity index (χ1v) is 6.52. The number of carbonyl (C=O) groups excluding carboxylic acids is 2. The van der Waals surface area contributed by atoms with Gasteiger partial charge in [0.05, 0.1) is 17.0 Å². The summed E-state index contributed by atoms with van der Waals surface area (Å²) < 4.78 is 0. The van der Waals surface area contributed by atoms with E-state index in [0.717, 1.165) is 4.90 Å². The number of rotatable bonds is 3. The molecule has 1 aliphatic heterocycles. The molecule has 0 saturated carbocycles. The molecule has 1 atom stereocenters. The number of carboxylic acid groups (broad SMARTS) is 1. The molecular formula is C12H12N2O4S. The fourth-order valence-corrected chi connectivity index (χ4v) is 2.74. The van der Waals surface area contributed by atoms with Crippen molar-refractivity contribution in [2.24, 2.45) is 5.73 Å². The Morgan fingerprint density at radius 2 is 2.16 bits per heavy atom. The van der Waals surface area contributed by atoms with Crippen LogP contribution in [0.2, 0.25) is 0 Å². The Labute approximate surface area is 113 Å². The van der Waals surface area contributed by atoms with Crippen LogP contribution in [0.4, 0.5) is 5.69 Å². The molecule has 0 saturated heterocycles. The Morgan fingerprint density at radius 1 is 1.47 bits per heavy atom. The van der Waals surface area contributed by atoms with Crippen molar-refractivity contribution in [1.82, 2.24) is 0 Å². The number of carbonyl (C=O) groups is 3. The fraction of sp³-hybridized carbons (Fsp3) is 0.250. The third-order valence-electron chi connectivity index (χ3n) is 2.88. The molecule has 0 bridgehead atoms. The lowest BCUT2D eigenvalue weighted by molar-refractivity contribution is -0.123. The normalized spacial score (nSPS) is 15.8. The number of benzene rings is 1. The maximum Gasteiger partial charge on any atom is 0.335 e. The molecule has 100 valence electrons. The molecule has 1 heterocycles. The van der Waals surface area contributed by atoms with Crippen LogP contribution in [-0.4, -0.2) is 34.7 Å². The van der Waals surface area contributed by atoms with Gasteiger partial charge in [0.15, 0.2) is 0 Å². The molecule has 1 aromatic rings. The van der Waals surface area contributed by atoms with Crippen molar-refractivity contribution < 1.29 is 19.5 Å². The Bertz CT molecular complexity index is 573. The van der Waals surface area contributed by atoms with E-state index < -0.39 is 17.9 Å². The second-order valence-electron chi connectivity index (χ2n) is 4.12. The fourth-order valence-electron chi connectivity index (χ4n) is 1.86. The summed E-state index contributed by atoms with van der Waals surface area (Å²) >= 11 is 1.31. The minimum Gasteiger partial charge on any atom is -0.478 e. The van der Waals surface area contributed by atoms with Gasteiger partial charge >= 0.3 is 5.97 Å². The van der Waals surface area contributed by atoms with Crippen LogP contribution in [-0.2, 0) is 9.59 Å². The molecule has 0 fully saturated rings. The zero-order valence-corrected chi connectivity index (χ0v) is 10.9. The highest BCUT2D eigenvalue weighted by atomic mass is 32.2. The lowest BCUT2D eigenvalue weighted by atomic mass is 10.1. The van der Waals surface area contributed by atoms with Gasteiger partial charge in [0.2, 0.25) is 11.8 Å². The highest BCUT2D eigenvalue weighted by Crippen LogP contribution is 2.37. The van der Waals surface area contributed by atoms with Gasteiger partial charge < -0.3 is 10.8 Å². The van der Waals surface area contributed by atoms with Crippen LogP contribution in [0, 0.1) is 0 Å². The molecule has 1 aromatic carbocycles. The predicted molar refractivity (Wildman–Crippen MR) is 70.3 cm³/mol. The highest BCUT2D eigenvalue weighted by molar-refractivity contribution is 8.00. The van der Waals surface area contributed by atoms with Gasteiger partial charge in [-0.3, -0.25) is 14.5 Å². The zero-order valence-electron chi connectivity index (χ0n) is 10.1. The molecule has 2 rings (SSSR count). The van der Waals surface area contributed by atoms with E-state index in [0.29, 0.717) is 5.69 Å². The van der Waals surface area contributed by atoms with Gasteiger partial charge in [-0.15, -0.1) is 11.8 Å². The van der Waals surface area contributed by atoms with Gasteiger partial charge in [0, 0.05) is 4.90 Å². The average Bonchev–Trinajstić information content (AvgIpc) is 2.37. The van der Waals surface area contributed by atoms with Crippen molar-refractivity contribution in [2.45, 2.75) is 17.9 Å². The minimum atomic E-state index is -1.09. The highest BCUT2D eigenvalue weighted by Gasteiger charge is 2.31. The van der Waals surface area contributed by atoms with Crippen LogP contribution >= 0.6 is 11.8 Å². The lowest BCUT2D eigenvalue weighted by Crippen LogP contribution is -2.48. The number of thioether (sulfide) groups is 1. The van der Waals surface area contributed by atoms with Crippen LogP contribution in [0.5, 0.6) is 0 Å². The lowest BCUT2D eigenvalue weighted by Gasteiger charge is -2.32. The summed E-state index contributed by atoms with van der Waals surface area (Å²) in [5, 5.41) is 8.98. The molecule has 7 heteroatoms. The molecule has 1 aliphatic rings. The Balaban J connectivity index is 2.53. The summed E-state index contributed by atoms with van der Waals surface area (Å²) in [6.07, 6.45) is 0. The van der Waals surface area contributed by atoms with E-state index in [2.05, 4.69) is 0 Å². The van der Waals surface area contributed by atoms with Gasteiger partial charge in [-0.2, -0.15) is 0 Å². The predicted octanol–water partition coefficient (Wildman–Crippen LogP) is 0.697. The monoisotopic (exact) mass is 280 g/mol. The summed E-state index contributed by atoms with van der Waals surface area (Å²) in [6.45, 7) is 1.52. The first-order chi connectivity index (χ1) is 8.91. The number of carboxylic acids is 1. The van der Waals surface area contributed by atoms with Crippen molar-refractivity contribution in [1.29, 1.82) is 0 Å². The average molecular weight is 280 g/mol. The minimum absolute atomic E-state index is 0.0655. The van der Waals surface area contributed by atoms with Crippen molar-refractivity contribution >= 4 is 35.2 Å². The summed E-state index contributed by atoms with van der Waals surface area (Å²) in [5.74, 6) is -1.77. The topological polar surface area (TPSA) is 101 Å². The molecule has 1 unspecified atom stereocenters. The SMILES string of the molecule is CC(C(N)=O)N1C(=O)CSc2ccc(C(=O)O)cc21. The van der Waals surface area contributed by atoms with Crippen LogP contribution in [0.15, 0.2) is 23.1 Å². The Kier molecular flexibility index (Phi) is 3.48. The molecule has 2 amide bonds. The smallest absolute Gasteiger partial charge is 0.335 e. The number of anilines is 1. The van der Waals surface area contributed by atoms with Crippen LogP contribution in [0.1, 0.15) is 17.3 Å². The first kappa shape index (κ1) is 13.4. The van der Waals surface area contributed by atoms with E-state index in [-0.39, 0.29) is 17.2 Å². The molecule has 0 radical (unpaired) electrons. The number of primary amides is 1. The Morgan fingerprint density at radius 3 is 2.74 bits per heavy atom. The number of aromatic carboxylic acids is 1. The third kappa shape index (κ3) is 2.41. The van der Waals surface area contributed by atoms with Crippen molar-refractivity contribution in [2.75, 3.05) is 10.7 Å². The molecule has 3 N–H and O–H groups in total. The Hall–Kier alpha value is -2.02. The largest absolute Gasteiger partial charge is 0.478 e. The van der Waals surface area contributed by atoms with Gasteiger partial charge in [-0.1, -0.05) is 0 Å². The number of fused-ring (bicyclic) bond motifs is 1. The van der Waals surface area contributed by atoms with Crippen LogP contribution in [0.3, 0.4) is 0 Å². The van der Waals surface area contributed by atoms with E-state index in [4.69, 9.17) is 10.8 Å². The van der Waals surface area contributed by atoms with E-state index >= 15 is 0 Å². The number of nitrogens with zero attached hydrogens (tertiary/aromatic N) is 1. The summed E-state index contributed by atoms with van der Waals surface area (Å²) in [4.78, 5) is 36.2. The molecule has 0 aromatic heterocycles. The van der Waals surface area contributed by atoms with Gasteiger partial charge in [0.1, 0.15) is 6.04 Å². The quantitative estimate of drug-likeness (QED) is 0.848. The van der Waals surface area contributed by atoms with E-state index in [1.54, 1.807) is 6.07 Å². The second-order valence-corrected chi connectivity index (χ2v) is 5.14. The molecular weight excluding hydrogens is 268 g/mol. The number of amides is 2. The van der Waals surface area contributed by atoms with Crippen molar-refractivity contribution in [3.63, 3.8) is 0 Å². The van der Waals surface area contributed by atoms with E-state index in [1.165, 1.54) is 35.7 Å². The van der Waals surface area contributed by atoms with Gasteiger partial charge in [-0.25, -0.2) is 4.79 Å². The second kappa shape index (κ2) is 4.93. The number of hydrogen-bond donors (Lipinski definition) is 2. The van der Waals surface area contributed by atoms with Gasteiger partial charge in [0.25, 0.3) is 0 Å². The van der Waals surface area contributed by atoms with Crippen molar-refractivity contribution in [3.8, 4) is 0 Å². The number of hydrogen-bond acceptors (Lipinski definition) is 4. The molecule has 0 spiro atoms. The summed E-state index contributed by atoms with van der Waals surface area (Å²) in [5.41, 5.74) is 5.72. The van der Waals surface area contributed by atoms with E-state index in [9.17, 15) is 14.4 Å². The maximum absolute atomic E-state index is 11.9.